The number of nitrogens with zero attached hydrogens (tertiary/aromatic N) is 2. The summed E-state index contributed by atoms with van der Waals surface area (Å²) >= 11 is 0. The number of hydrogen-bond acceptors (Lipinski definition) is 3. The topological polar surface area (TPSA) is 52.7 Å². The Labute approximate surface area is 158 Å². The SMILES string of the molecule is O=C(Nc1ccc(F)cc1)C(=O)N1CCN(C/C=C/c2ccccc2)CC1. The van der Waals surface area contributed by atoms with Gasteiger partial charge in [-0.25, -0.2) is 4.39 Å². The number of amides is 2. The fourth-order valence-corrected chi connectivity index (χ4v) is 2.90. The second-order valence-electron chi connectivity index (χ2n) is 6.37. The normalized spacial score (nSPS) is 15.1. The Morgan fingerprint density at radius 3 is 2.30 bits per heavy atom. The van der Waals surface area contributed by atoms with Crippen LogP contribution < -0.4 is 5.32 Å². The van der Waals surface area contributed by atoms with Crippen LogP contribution in [-0.4, -0.2) is 54.3 Å². The molecule has 0 unspecified atom stereocenters. The highest BCUT2D eigenvalue weighted by atomic mass is 19.1. The third kappa shape index (κ3) is 5.49. The monoisotopic (exact) mass is 367 g/mol. The first-order valence-corrected chi connectivity index (χ1v) is 8.91. The smallest absolute Gasteiger partial charge is 0.313 e. The molecule has 0 spiro atoms. The summed E-state index contributed by atoms with van der Waals surface area (Å²) in [6, 6.07) is 15.4. The Bertz CT molecular complexity index is 798. The molecule has 1 saturated heterocycles. The number of benzene rings is 2. The van der Waals surface area contributed by atoms with E-state index in [4.69, 9.17) is 0 Å². The minimum atomic E-state index is -0.695. The average molecular weight is 367 g/mol. The first-order chi connectivity index (χ1) is 13.1. The van der Waals surface area contributed by atoms with Crippen molar-refractivity contribution in [3.05, 3.63) is 72.1 Å². The second-order valence-corrected chi connectivity index (χ2v) is 6.37. The van der Waals surface area contributed by atoms with Crippen LogP contribution in [0.3, 0.4) is 0 Å². The number of carbonyl (C=O) groups excluding carboxylic acids is 2. The maximum Gasteiger partial charge on any atom is 0.313 e. The lowest BCUT2D eigenvalue weighted by Gasteiger charge is -2.33. The summed E-state index contributed by atoms with van der Waals surface area (Å²) < 4.78 is 12.9. The molecule has 5 nitrogen and oxygen atoms in total. The quantitative estimate of drug-likeness (QED) is 0.846. The average Bonchev–Trinajstić information content (AvgIpc) is 2.70. The van der Waals surface area contributed by atoms with Crippen molar-refractivity contribution in [3.63, 3.8) is 0 Å². The standard InChI is InChI=1S/C21H22FN3O2/c22-18-8-10-19(11-9-18)23-20(26)21(27)25-15-13-24(14-16-25)12-4-7-17-5-2-1-3-6-17/h1-11H,12-16H2,(H,23,26)/b7-4+. The summed E-state index contributed by atoms with van der Waals surface area (Å²) in [5, 5.41) is 2.51. The highest BCUT2D eigenvalue weighted by molar-refractivity contribution is 6.39. The molecule has 0 aromatic heterocycles. The molecule has 1 fully saturated rings. The summed E-state index contributed by atoms with van der Waals surface area (Å²) in [7, 11) is 0. The van der Waals surface area contributed by atoms with Gasteiger partial charge in [0.2, 0.25) is 0 Å². The molecular formula is C21H22FN3O2. The number of carbonyl (C=O) groups is 2. The Hall–Kier alpha value is -2.99. The fourth-order valence-electron chi connectivity index (χ4n) is 2.90. The zero-order chi connectivity index (χ0) is 19.1. The summed E-state index contributed by atoms with van der Waals surface area (Å²) in [6.07, 6.45) is 4.18. The van der Waals surface area contributed by atoms with Crippen LogP contribution in [0.15, 0.2) is 60.7 Å². The van der Waals surface area contributed by atoms with Crippen molar-refractivity contribution in [2.75, 3.05) is 38.0 Å². The van der Waals surface area contributed by atoms with E-state index in [1.165, 1.54) is 24.3 Å². The van der Waals surface area contributed by atoms with E-state index in [1.54, 1.807) is 4.90 Å². The number of piperazine rings is 1. The van der Waals surface area contributed by atoms with E-state index in [-0.39, 0.29) is 0 Å². The van der Waals surface area contributed by atoms with Gasteiger partial charge in [-0.15, -0.1) is 0 Å². The molecule has 0 radical (unpaired) electrons. The van der Waals surface area contributed by atoms with Gasteiger partial charge in [0.1, 0.15) is 5.82 Å². The predicted octanol–water partition coefficient (Wildman–Crippen LogP) is 2.62. The van der Waals surface area contributed by atoms with Crippen molar-refractivity contribution in [1.29, 1.82) is 0 Å². The van der Waals surface area contributed by atoms with Crippen LogP contribution in [0.1, 0.15) is 5.56 Å². The summed E-state index contributed by atoms with van der Waals surface area (Å²) in [5.41, 5.74) is 1.56. The van der Waals surface area contributed by atoms with Crippen molar-refractivity contribution >= 4 is 23.6 Å². The van der Waals surface area contributed by atoms with E-state index in [0.717, 1.165) is 12.1 Å². The molecule has 1 N–H and O–H groups in total. The number of halogens is 1. The molecule has 2 aromatic rings. The lowest BCUT2D eigenvalue weighted by Crippen LogP contribution is -2.51. The summed E-state index contributed by atoms with van der Waals surface area (Å²) in [4.78, 5) is 28.2. The van der Waals surface area contributed by atoms with Crippen LogP contribution in [0.25, 0.3) is 6.08 Å². The maximum atomic E-state index is 12.9. The van der Waals surface area contributed by atoms with E-state index < -0.39 is 17.6 Å². The third-order valence-electron chi connectivity index (χ3n) is 4.43. The Morgan fingerprint density at radius 1 is 0.963 bits per heavy atom. The van der Waals surface area contributed by atoms with Gasteiger partial charge >= 0.3 is 11.8 Å². The number of nitrogens with one attached hydrogen (secondary N) is 1. The predicted molar refractivity (Wildman–Crippen MR) is 104 cm³/mol. The highest BCUT2D eigenvalue weighted by Gasteiger charge is 2.25. The van der Waals surface area contributed by atoms with Crippen LogP contribution in [-0.2, 0) is 9.59 Å². The molecule has 27 heavy (non-hydrogen) atoms. The van der Waals surface area contributed by atoms with Crippen molar-refractivity contribution < 1.29 is 14.0 Å². The Kier molecular flexibility index (Phi) is 6.33. The van der Waals surface area contributed by atoms with E-state index in [1.807, 2.05) is 30.3 Å². The van der Waals surface area contributed by atoms with E-state index in [2.05, 4.69) is 22.4 Å². The van der Waals surface area contributed by atoms with E-state index >= 15 is 0 Å². The molecule has 1 heterocycles. The molecular weight excluding hydrogens is 345 g/mol. The Morgan fingerprint density at radius 2 is 1.63 bits per heavy atom. The minimum Gasteiger partial charge on any atom is -0.332 e. The van der Waals surface area contributed by atoms with Gasteiger partial charge in [-0.1, -0.05) is 42.5 Å². The Balaban J connectivity index is 1.44. The van der Waals surface area contributed by atoms with Crippen LogP contribution in [0.4, 0.5) is 10.1 Å². The molecule has 140 valence electrons. The van der Waals surface area contributed by atoms with Crippen LogP contribution in [0.5, 0.6) is 0 Å². The minimum absolute atomic E-state index is 0.392. The van der Waals surface area contributed by atoms with Crippen molar-refractivity contribution in [3.8, 4) is 0 Å². The zero-order valence-electron chi connectivity index (χ0n) is 15.0. The van der Waals surface area contributed by atoms with E-state index in [0.29, 0.717) is 31.9 Å². The van der Waals surface area contributed by atoms with Gasteiger partial charge in [0.25, 0.3) is 0 Å². The van der Waals surface area contributed by atoms with Gasteiger partial charge in [-0.2, -0.15) is 0 Å². The van der Waals surface area contributed by atoms with Gasteiger partial charge in [-0.3, -0.25) is 14.5 Å². The number of hydrogen-bond donors (Lipinski definition) is 1. The van der Waals surface area contributed by atoms with E-state index in [9.17, 15) is 14.0 Å². The first kappa shape index (κ1) is 18.8. The maximum absolute atomic E-state index is 12.9. The molecule has 6 heteroatoms. The molecule has 1 aliphatic rings. The number of rotatable bonds is 4. The number of anilines is 1. The van der Waals surface area contributed by atoms with Gasteiger partial charge < -0.3 is 10.2 Å². The van der Waals surface area contributed by atoms with Gasteiger partial charge in [0.15, 0.2) is 0 Å². The van der Waals surface area contributed by atoms with Crippen molar-refractivity contribution in [1.82, 2.24) is 9.80 Å². The molecule has 0 saturated carbocycles. The molecule has 1 aliphatic heterocycles. The summed E-state index contributed by atoms with van der Waals surface area (Å²) in [6.45, 7) is 3.26. The molecule has 0 atom stereocenters. The molecule has 0 bridgehead atoms. The molecule has 2 amide bonds. The van der Waals surface area contributed by atoms with Crippen LogP contribution in [0.2, 0.25) is 0 Å². The lowest BCUT2D eigenvalue weighted by molar-refractivity contribution is -0.144. The van der Waals surface area contributed by atoms with Crippen LogP contribution in [0, 0.1) is 5.82 Å². The van der Waals surface area contributed by atoms with Gasteiger partial charge in [0.05, 0.1) is 0 Å². The largest absolute Gasteiger partial charge is 0.332 e. The zero-order valence-corrected chi connectivity index (χ0v) is 15.0. The highest BCUT2D eigenvalue weighted by Crippen LogP contribution is 2.10. The van der Waals surface area contributed by atoms with Gasteiger partial charge in [0, 0.05) is 38.4 Å². The third-order valence-corrected chi connectivity index (χ3v) is 4.43. The van der Waals surface area contributed by atoms with Crippen molar-refractivity contribution in [2.24, 2.45) is 0 Å². The molecule has 0 aliphatic carbocycles. The summed E-state index contributed by atoms with van der Waals surface area (Å²) in [5.74, 6) is -1.64. The van der Waals surface area contributed by atoms with Gasteiger partial charge in [-0.05, 0) is 29.8 Å². The molecule has 3 rings (SSSR count). The second kappa shape index (κ2) is 9.09. The van der Waals surface area contributed by atoms with Crippen LogP contribution >= 0.6 is 0 Å². The first-order valence-electron chi connectivity index (χ1n) is 8.91. The van der Waals surface area contributed by atoms with Crippen molar-refractivity contribution in [2.45, 2.75) is 0 Å². The lowest BCUT2D eigenvalue weighted by atomic mass is 10.2. The molecule has 2 aromatic carbocycles. The fraction of sp³-hybridized carbons (Fsp3) is 0.238.